The van der Waals surface area contributed by atoms with E-state index in [0.29, 0.717) is 0 Å². The Labute approximate surface area is 344 Å². The van der Waals surface area contributed by atoms with E-state index in [2.05, 4.69) is 0 Å². The first-order chi connectivity index (χ1) is 26.0. The van der Waals surface area contributed by atoms with E-state index in [4.69, 9.17) is 18.9 Å². The minimum Gasteiger partial charge on any atom is -0.483 e. The molecule has 328 valence electrons. The van der Waals surface area contributed by atoms with Gasteiger partial charge in [0.25, 0.3) is 0 Å². The lowest BCUT2D eigenvalue weighted by molar-refractivity contribution is -0.388. The first-order valence-corrected chi connectivity index (χ1v) is 20.7. The Morgan fingerprint density at radius 2 is 0.638 bits per heavy atom. The molecule has 0 aromatic heterocycles. The maximum Gasteiger partial charge on any atom is 0.359 e. The van der Waals surface area contributed by atoms with E-state index < -0.39 is 102 Å². The topological polar surface area (TPSA) is 173 Å². The molecule has 4 fully saturated rings. The second kappa shape index (κ2) is 14.8. The van der Waals surface area contributed by atoms with Crippen LogP contribution < -0.4 is 18.9 Å². The van der Waals surface area contributed by atoms with Gasteiger partial charge in [0.2, 0.25) is 28.8 Å². The van der Waals surface area contributed by atoms with Gasteiger partial charge in [-0.1, -0.05) is 0 Å². The maximum atomic E-state index is 17.8. The molecule has 0 bridgehead atoms. The summed E-state index contributed by atoms with van der Waals surface area (Å²) in [6.07, 6.45) is -1.76. The molecule has 0 aliphatic carbocycles. The fourth-order valence-electron chi connectivity index (χ4n) is 10.9. The highest BCUT2D eigenvalue weighted by Crippen LogP contribution is 2.57. The second-order valence-electron chi connectivity index (χ2n) is 22.5. The number of hydrogen-bond donors (Lipinski definition) is 0. The van der Waals surface area contributed by atoms with Gasteiger partial charge in [0.15, 0.2) is 0 Å². The molecule has 4 aliphatic rings. The zero-order chi connectivity index (χ0) is 44.1. The third kappa shape index (κ3) is 8.77. The monoisotopic (exact) mass is 821 g/mol. The van der Waals surface area contributed by atoms with Crippen molar-refractivity contribution in [3.8, 4) is 23.0 Å². The molecule has 0 unspecified atom stereocenters. The van der Waals surface area contributed by atoms with E-state index in [1.165, 1.54) is 0 Å². The van der Waals surface area contributed by atoms with Gasteiger partial charge in [-0.2, -0.15) is 4.39 Å². The lowest BCUT2D eigenvalue weighted by Gasteiger charge is -2.50. The Hall–Kier alpha value is -2.57. The number of piperidine rings is 4. The molecule has 5 rings (SSSR count). The van der Waals surface area contributed by atoms with Crippen LogP contribution in [0.15, 0.2) is 0 Å². The molecular formula is C42H68FN5O10. The SMILES string of the molecule is CC1(C)CC(Oc2c(F)c(OC3CC(C)(C)N([O])C(C)(C)C3)c([N+](=O)[O-])c(OC3CC(C)(C)N([O])C(C)(C)C3)c2OC2CC(C)(C)N([O])C(C)(C)C2)CC(C)(C)N1[O]. The summed E-state index contributed by atoms with van der Waals surface area (Å²) in [5.74, 6) is -3.11. The predicted molar refractivity (Wildman–Crippen MR) is 210 cm³/mol. The first-order valence-electron chi connectivity index (χ1n) is 20.7. The van der Waals surface area contributed by atoms with Crippen LogP contribution in [0.2, 0.25) is 0 Å². The zero-order valence-electron chi connectivity index (χ0n) is 37.7. The van der Waals surface area contributed by atoms with Crippen LogP contribution in [0.25, 0.3) is 0 Å². The summed E-state index contributed by atoms with van der Waals surface area (Å²) in [7, 11) is 0. The molecule has 1 aromatic rings. The Morgan fingerprint density at radius 3 is 0.879 bits per heavy atom. The summed E-state index contributed by atoms with van der Waals surface area (Å²) in [6.45, 7) is 28.3. The van der Waals surface area contributed by atoms with Crippen molar-refractivity contribution < 1.29 is 49.1 Å². The minimum atomic E-state index is -1.18. The van der Waals surface area contributed by atoms with Gasteiger partial charge < -0.3 is 18.9 Å². The van der Waals surface area contributed by atoms with E-state index >= 15 is 4.39 Å². The molecule has 58 heavy (non-hydrogen) atoms. The highest BCUT2D eigenvalue weighted by molar-refractivity contribution is 5.71. The lowest BCUT2D eigenvalue weighted by Crippen LogP contribution is -2.61. The van der Waals surface area contributed by atoms with Crippen molar-refractivity contribution in [2.45, 2.75) is 231 Å². The molecule has 0 spiro atoms. The molecule has 4 aliphatic heterocycles. The largest absolute Gasteiger partial charge is 0.483 e. The number of nitro groups is 1. The normalized spacial score (nSPS) is 27.9. The number of benzene rings is 1. The van der Waals surface area contributed by atoms with Gasteiger partial charge >= 0.3 is 5.69 Å². The van der Waals surface area contributed by atoms with Crippen LogP contribution in [-0.4, -0.2) is 93.9 Å². The van der Waals surface area contributed by atoms with Crippen LogP contribution in [0, 0.1) is 15.9 Å². The third-order valence-electron chi connectivity index (χ3n) is 12.8. The Kier molecular flexibility index (Phi) is 11.9. The average molecular weight is 822 g/mol. The molecule has 4 radical (unpaired) electrons. The Balaban J connectivity index is 1.77. The van der Waals surface area contributed by atoms with Crippen molar-refractivity contribution in [3.05, 3.63) is 15.9 Å². The third-order valence-corrected chi connectivity index (χ3v) is 12.8. The van der Waals surface area contributed by atoms with Gasteiger partial charge in [0.05, 0.1) is 4.92 Å². The van der Waals surface area contributed by atoms with Crippen molar-refractivity contribution in [3.63, 3.8) is 0 Å². The van der Waals surface area contributed by atoms with Crippen molar-refractivity contribution in [2.75, 3.05) is 0 Å². The smallest absolute Gasteiger partial charge is 0.359 e. The van der Waals surface area contributed by atoms with Crippen LogP contribution in [0.5, 0.6) is 23.0 Å². The van der Waals surface area contributed by atoms with Crippen molar-refractivity contribution in [1.82, 2.24) is 20.3 Å². The molecule has 16 heteroatoms. The van der Waals surface area contributed by atoms with E-state index in [9.17, 15) is 30.9 Å². The number of rotatable bonds is 9. The number of hydrogen-bond acceptors (Lipinski definition) is 10. The summed E-state index contributed by atoms with van der Waals surface area (Å²) < 4.78 is 44.4. The van der Waals surface area contributed by atoms with E-state index in [0.717, 1.165) is 20.3 Å². The second-order valence-corrected chi connectivity index (χ2v) is 22.5. The maximum absolute atomic E-state index is 17.8. The van der Waals surface area contributed by atoms with Crippen LogP contribution >= 0.6 is 0 Å². The number of nitrogens with zero attached hydrogens (tertiary/aromatic N) is 5. The summed E-state index contributed by atoms with van der Waals surface area (Å²) in [4.78, 5) is 12.7. The predicted octanol–water partition coefficient (Wildman–Crippen LogP) is 8.72. The van der Waals surface area contributed by atoms with Gasteiger partial charge in [-0.05, 0) is 111 Å². The van der Waals surface area contributed by atoms with Crippen molar-refractivity contribution in [2.24, 2.45) is 0 Å². The average Bonchev–Trinajstić information content (AvgIpc) is 3.02. The van der Waals surface area contributed by atoms with Crippen LogP contribution in [0.4, 0.5) is 10.1 Å². The van der Waals surface area contributed by atoms with E-state index in [1.54, 1.807) is 111 Å². The molecule has 0 atom stereocenters. The van der Waals surface area contributed by atoms with Crippen molar-refractivity contribution >= 4 is 5.69 Å². The van der Waals surface area contributed by atoms with Gasteiger partial charge in [-0.15, -0.1) is 41.1 Å². The van der Waals surface area contributed by atoms with E-state index in [-0.39, 0.29) is 57.1 Å². The number of hydroxylamine groups is 8. The fourth-order valence-corrected chi connectivity index (χ4v) is 10.9. The lowest BCUT2D eigenvalue weighted by atomic mass is 9.80. The first kappa shape index (κ1) is 46.5. The van der Waals surface area contributed by atoms with Crippen LogP contribution in [0.1, 0.15) is 162 Å². The molecule has 4 heterocycles. The van der Waals surface area contributed by atoms with Crippen LogP contribution in [-0.2, 0) is 20.8 Å². The summed E-state index contributed by atoms with van der Waals surface area (Å²) in [6, 6.07) is 0. The molecule has 4 saturated heterocycles. The quantitative estimate of drug-likeness (QED) is 0.173. The molecule has 0 amide bonds. The fraction of sp³-hybridized carbons (Fsp3) is 0.857. The number of nitro benzene ring substituents is 1. The summed E-state index contributed by atoms with van der Waals surface area (Å²) in [5.41, 5.74) is -8.31. The van der Waals surface area contributed by atoms with Gasteiger partial charge in [-0.3, -0.25) is 10.1 Å². The summed E-state index contributed by atoms with van der Waals surface area (Å²) >= 11 is 0. The summed E-state index contributed by atoms with van der Waals surface area (Å²) in [5, 5.41) is 71.1. The number of ether oxygens (including phenoxy) is 4. The van der Waals surface area contributed by atoms with Gasteiger partial charge in [-0.25, -0.2) is 0 Å². The highest BCUT2D eigenvalue weighted by atomic mass is 19.1. The molecule has 1 aromatic carbocycles. The molecular weight excluding hydrogens is 753 g/mol. The Bertz CT molecular complexity index is 1660. The van der Waals surface area contributed by atoms with Crippen molar-refractivity contribution in [1.29, 1.82) is 0 Å². The molecule has 0 N–H and O–H groups in total. The zero-order valence-corrected chi connectivity index (χ0v) is 37.7. The number of halogens is 1. The van der Waals surface area contributed by atoms with Gasteiger partial charge in [0, 0.05) is 95.7 Å². The Morgan fingerprint density at radius 1 is 0.431 bits per heavy atom. The minimum absolute atomic E-state index is 0.133. The van der Waals surface area contributed by atoms with E-state index in [1.807, 2.05) is 0 Å². The standard InChI is InChI=1S/C42H68FN5O10/c1-35(2)17-25(18-36(3,4)45(35)51)55-31-29(43)32(56-26-19-37(5,6)46(52)38(7,8)20-26)34(58-28-23-41(13,14)48(54)42(15,16)24-28)33(30(31)44(49)50)57-27-21-39(9,10)47(53)40(11,12)22-27/h25-28H,17-24H2,1-16H3. The molecule has 15 nitrogen and oxygen atoms in total. The van der Waals surface area contributed by atoms with Crippen LogP contribution in [0.3, 0.4) is 0 Å². The van der Waals surface area contributed by atoms with Gasteiger partial charge in [0.1, 0.15) is 24.4 Å². The highest BCUT2D eigenvalue weighted by Gasteiger charge is 2.53. The molecule has 0 saturated carbocycles.